The molecule has 10 heteroatoms. The number of hydrogen-bond donors (Lipinski definition) is 2. The van der Waals surface area contributed by atoms with Crippen molar-refractivity contribution in [2.45, 2.75) is 13.8 Å². The van der Waals surface area contributed by atoms with Gasteiger partial charge in [0.05, 0.1) is 24.2 Å². The lowest BCUT2D eigenvalue weighted by Crippen LogP contribution is -2.21. The number of rotatable bonds is 6. The molecule has 0 radical (unpaired) electrons. The van der Waals surface area contributed by atoms with E-state index in [4.69, 9.17) is 19.3 Å². The van der Waals surface area contributed by atoms with Crippen molar-refractivity contribution >= 4 is 45.1 Å². The maximum atomic E-state index is 13.0. The van der Waals surface area contributed by atoms with Crippen molar-refractivity contribution in [3.8, 4) is 5.75 Å². The van der Waals surface area contributed by atoms with Crippen LogP contribution in [0.25, 0.3) is 11.0 Å². The highest BCUT2D eigenvalue weighted by Gasteiger charge is 2.27. The zero-order valence-electron chi connectivity index (χ0n) is 18.3. The first kappa shape index (κ1) is 23.0. The Bertz CT molecular complexity index is 1270. The average Bonchev–Trinajstić information content (AvgIpc) is 3.08. The second-order valence-electron chi connectivity index (χ2n) is 7.00. The molecular weight excluding hydrogens is 434 g/mol. The molecule has 0 unspecified atom stereocenters. The minimum atomic E-state index is -0.678. The Morgan fingerprint density at radius 1 is 1.25 bits per heavy atom. The second kappa shape index (κ2) is 9.23. The van der Waals surface area contributed by atoms with Crippen molar-refractivity contribution in [2.24, 2.45) is 0 Å². The summed E-state index contributed by atoms with van der Waals surface area (Å²) in [7, 11) is 4.41. The fourth-order valence-electron chi connectivity index (χ4n) is 3.10. The highest BCUT2D eigenvalue weighted by molar-refractivity contribution is 7.18. The summed E-state index contributed by atoms with van der Waals surface area (Å²) < 4.78 is 15.9. The van der Waals surface area contributed by atoms with E-state index in [1.54, 1.807) is 39.2 Å². The molecule has 9 nitrogen and oxygen atoms in total. The van der Waals surface area contributed by atoms with Crippen LogP contribution in [0.3, 0.4) is 0 Å². The summed E-state index contributed by atoms with van der Waals surface area (Å²) in [4.78, 5) is 39.6. The van der Waals surface area contributed by atoms with E-state index in [0.29, 0.717) is 33.8 Å². The number of methoxy groups -OCH3 is 1. The van der Waals surface area contributed by atoms with Crippen LogP contribution in [-0.4, -0.2) is 50.5 Å². The third-order valence-electron chi connectivity index (χ3n) is 4.67. The number of benzene rings is 1. The summed E-state index contributed by atoms with van der Waals surface area (Å²) in [6.45, 7) is 3.87. The summed E-state index contributed by atoms with van der Waals surface area (Å²) in [5.74, 6) is -1.16. The number of ether oxygens (including phenoxy) is 2. The van der Waals surface area contributed by atoms with Gasteiger partial charge in [-0.15, -0.1) is 11.3 Å². The van der Waals surface area contributed by atoms with Crippen LogP contribution in [0.5, 0.6) is 5.75 Å². The average molecular weight is 458 g/mol. The van der Waals surface area contributed by atoms with Crippen LogP contribution >= 0.6 is 11.3 Å². The summed E-state index contributed by atoms with van der Waals surface area (Å²) in [6, 6.07) is 6.73. The van der Waals surface area contributed by atoms with Gasteiger partial charge in [0.2, 0.25) is 5.55 Å². The summed E-state index contributed by atoms with van der Waals surface area (Å²) in [5, 5.41) is 11.6. The molecule has 3 rings (SSSR count). The Morgan fingerprint density at radius 2 is 1.97 bits per heavy atom. The number of carbonyl (C=O) groups excluding carboxylic acids is 3. The van der Waals surface area contributed by atoms with Gasteiger partial charge < -0.3 is 24.1 Å². The van der Waals surface area contributed by atoms with Crippen LogP contribution in [-0.2, 0) is 4.74 Å². The molecule has 1 aromatic carbocycles. The lowest BCUT2D eigenvalue weighted by atomic mass is 10.1. The van der Waals surface area contributed by atoms with Crippen LogP contribution < -0.4 is 15.6 Å². The first-order valence-electron chi connectivity index (χ1n) is 9.68. The van der Waals surface area contributed by atoms with Gasteiger partial charge in [-0.3, -0.25) is 15.0 Å². The summed E-state index contributed by atoms with van der Waals surface area (Å²) in [6.07, 6.45) is 0. The number of para-hydroxylation sites is 1. The minimum Gasteiger partial charge on any atom is -0.490 e. The molecule has 168 valence electrons. The molecule has 32 heavy (non-hydrogen) atoms. The fraction of sp³-hybridized carbons (Fsp3) is 0.273. The predicted octanol–water partition coefficient (Wildman–Crippen LogP) is 3.42. The number of amides is 2. The normalized spacial score (nSPS) is 10.7. The molecule has 2 heterocycles. The molecule has 2 aromatic heterocycles. The quantitative estimate of drug-likeness (QED) is 0.547. The molecule has 0 aliphatic rings. The third kappa shape index (κ3) is 4.22. The van der Waals surface area contributed by atoms with Gasteiger partial charge in [0.1, 0.15) is 10.6 Å². The Morgan fingerprint density at radius 3 is 2.59 bits per heavy atom. The largest absolute Gasteiger partial charge is 0.490 e. The summed E-state index contributed by atoms with van der Waals surface area (Å²) in [5.41, 5.74) is 0.468. The lowest BCUT2D eigenvalue weighted by molar-refractivity contribution is 0.0601. The van der Waals surface area contributed by atoms with Crippen LogP contribution in [0.2, 0.25) is 0 Å². The topological polar surface area (TPSA) is 122 Å². The van der Waals surface area contributed by atoms with E-state index in [2.05, 4.69) is 5.32 Å². The molecule has 0 atom stereocenters. The Kier molecular flexibility index (Phi) is 6.64. The highest BCUT2D eigenvalue weighted by atomic mass is 32.1. The van der Waals surface area contributed by atoms with Crippen LogP contribution in [0.15, 0.2) is 28.7 Å². The van der Waals surface area contributed by atoms with Gasteiger partial charge >= 0.3 is 5.97 Å². The van der Waals surface area contributed by atoms with Gasteiger partial charge in [0, 0.05) is 19.5 Å². The van der Waals surface area contributed by atoms with E-state index in [-0.39, 0.29) is 27.6 Å². The number of fused-ring (bicyclic) bond motifs is 1. The molecule has 3 aromatic rings. The molecule has 0 aliphatic heterocycles. The molecule has 0 aliphatic carbocycles. The lowest BCUT2D eigenvalue weighted by Gasteiger charge is -2.09. The van der Waals surface area contributed by atoms with Crippen LogP contribution in [0.4, 0.5) is 5.00 Å². The molecule has 2 N–H and O–H groups in total. The van der Waals surface area contributed by atoms with Gasteiger partial charge in [0.25, 0.3) is 11.8 Å². The zero-order valence-corrected chi connectivity index (χ0v) is 19.1. The molecule has 2 amide bonds. The van der Waals surface area contributed by atoms with E-state index in [0.717, 1.165) is 11.3 Å². The van der Waals surface area contributed by atoms with Gasteiger partial charge in [0.15, 0.2) is 11.3 Å². The van der Waals surface area contributed by atoms with E-state index < -0.39 is 11.9 Å². The fourth-order valence-corrected chi connectivity index (χ4v) is 4.31. The minimum absolute atomic E-state index is 0.0338. The number of esters is 1. The number of nitrogens with one attached hydrogen (secondary N) is 2. The van der Waals surface area contributed by atoms with Crippen molar-refractivity contribution in [3.05, 3.63) is 51.4 Å². The smallest absolute Gasteiger partial charge is 0.341 e. The molecule has 0 saturated carbocycles. The Labute approximate surface area is 188 Å². The summed E-state index contributed by atoms with van der Waals surface area (Å²) >= 11 is 0.972. The number of thiophene rings is 1. The van der Waals surface area contributed by atoms with Crippen molar-refractivity contribution in [3.63, 3.8) is 0 Å². The highest BCUT2D eigenvalue weighted by Crippen LogP contribution is 2.34. The van der Waals surface area contributed by atoms with E-state index in [9.17, 15) is 14.4 Å². The number of anilines is 1. The molecule has 0 spiro atoms. The standard InChI is InChI=1S/C22H23N3O6S/c1-6-30-14-9-7-8-12-10-13(18(23)31-16(12)14)19(26)24-20-15(22(28)29-5)11(2)17(32-20)21(27)25(3)4/h7-10,23H,6H2,1-5H3,(H,24,26). The first-order chi connectivity index (χ1) is 15.2. The van der Waals surface area contributed by atoms with Crippen molar-refractivity contribution in [1.29, 1.82) is 5.41 Å². The van der Waals surface area contributed by atoms with Gasteiger partial charge in [-0.05, 0) is 31.5 Å². The second-order valence-corrected chi connectivity index (χ2v) is 8.02. The number of hydrogen-bond acceptors (Lipinski definition) is 8. The Balaban J connectivity index is 2.05. The number of carbonyl (C=O) groups is 3. The van der Waals surface area contributed by atoms with Crippen molar-refractivity contribution in [1.82, 2.24) is 4.90 Å². The maximum absolute atomic E-state index is 13.0. The maximum Gasteiger partial charge on any atom is 0.341 e. The zero-order chi connectivity index (χ0) is 23.6. The third-order valence-corrected chi connectivity index (χ3v) is 5.86. The SMILES string of the molecule is CCOc1cccc2cc(C(=O)Nc3sc(C(=O)N(C)C)c(C)c3C(=O)OC)c(=N)oc12. The number of nitrogens with zero attached hydrogens (tertiary/aromatic N) is 1. The van der Waals surface area contributed by atoms with Gasteiger partial charge in [-0.1, -0.05) is 12.1 Å². The van der Waals surface area contributed by atoms with Crippen molar-refractivity contribution < 1.29 is 28.3 Å². The van der Waals surface area contributed by atoms with Gasteiger partial charge in [-0.25, -0.2) is 4.79 Å². The molecule has 0 saturated heterocycles. The predicted molar refractivity (Wildman–Crippen MR) is 120 cm³/mol. The Hall–Kier alpha value is -3.66. The van der Waals surface area contributed by atoms with Gasteiger partial charge in [-0.2, -0.15) is 0 Å². The molecular formula is C22H23N3O6S. The molecule has 0 bridgehead atoms. The molecule has 0 fully saturated rings. The first-order valence-corrected chi connectivity index (χ1v) is 10.5. The monoisotopic (exact) mass is 457 g/mol. The van der Waals surface area contributed by atoms with E-state index >= 15 is 0 Å². The van der Waals surface area contributed by atoms with E-state index in [1.165, 1.54) is 18.1 Å². The van der Waals surface area contributed by atoms with Crippen molar-refractivity contribution in [2.75, 3.05) is 33.1 Å². The van der Waals surface area contributed by atoms with Crippen LogP contribution in [0.1, 0.15) is 42.9 Å². The van der Waals surface area contributed by atoms with E-state index in [1.807, 2.05) is 6.92 Å². The van der Waals surface area contributed by atoms with Crippen LogP contribution in [0, 0.1) is 12.3 Å².